The lowest BCUT2D eigenvalue weighted by atomic mass is 10.1. The van der Waals surface area contributed by atoms with Gasteiger partial charge in [-0.25, -0.2) is 9.50 Å². The van der Waals surface area contributed by atoms with Gasteiger partial charge in [0, 0.05) is 6.20 Å². The Bertz CT molecular complexity index is 927. The van der Waals surface area contributed by atoms with Crippen molar-refractivity contribution in [2.75, 3.05) is 0 Å². The average Bonchev–Trinajstić information content (AvgIpc) is 2.97. The minimum Gasteiger partial charge on any atom is -0.255 e. The molecule has 138 valence electrons. The van der Waals surface area contributed by atoms with Crippen molar-refractivity contribution in [3.8, 4) is 11.4 Å². The van der Waals surface area contributed by atoms with E-state index >= 15 is 0 Å². The monoisotopic (exact) mass is 386 g/mol. The summed E-state index contributed by atoms with van der Waals surface area (Å²) < 4.78 is 1.76. The molecule has 0 N–H and O–H groups in total. The number of fused-ring (bicyclic) bond motifs is 1. The number of halogens is 1. The highest BCUT2D eigenvalue weighted by Gasteiger charge is 2.39. The fraction of sp³-hybridized carbons (Fsp3) is 0.450. The normalized spacial score (nSPS) is 14.0. The summed E-state index contributed by atoms with van der Waals surface area (Å²) in [5.74, 6) is 0. The predicted octanol–water partition coefficient (Wildman–Crippen LogP) is 5.89. The van der Waals surface area contributed by atoms with Crippen LogP contribution in [0.3, 0.4) is 0 Å². The number of imidazole rings is 1. The second kappa shape index (κ2) is 6.78. The number of pyridine rings is 1. The quantitative estimate of drug-likeness (QED) is 0.525. The van der Waals surface area contributed by atoms with Gasteiger partial charge in [-0.2, -0.15) is 5.10 Å². The van der Waals surface area contributed by atoms with Gasteiger partial charge in [0.25, 0.3) is 0 Å². The lowest BCUT2D eigenvalue weighted by Gasteiger charge is -2.42. The second-order valence-electron chi connectivity index (χ2n) is 8.70. The molecular weight excluding hydrogens is 360 g/mol. The molecule has 4 nitrogen and oxygen atoms in total. The Morgan fingerprint density at radius 1 is 1.15 bits per heavy atom. The largest absolute Gasteiger partial charge is 0.255 e. The molecule has 3 aromatic rings. The third-order valence-electron chi connectivity index (χ3n) is 6.12. The maximum absolute atomic E-state index is 6.05. The molecule has 1 atom stereocenters. The van der Waals surface area contributed by atoms with Crippen LogP contribution >= 0.6 is 11.6 Å². The molecule has 3 rings (SSSR count). The Balaban J connectivity index is 1.92. The molecule has 0 aliphatic rings. The molecular formula is C20H27ClN4Si. The summed E-state index contributed by atoms with van der Waals surface area (Å²) in [5.41, 5.74) is 4.50. The zero-order valence-electron chi connectivity index (χ0n) is 16.4. The summed E-state index contributed by atoms with van der Waals surface area (Å²) in [6, 6.07) is 7.90. The number of nitrogens with zero attached hydrogens (tertiary/aromatic N) is 4. The van der Waals surface area contributed by atoms with Crippen LogP contribution in [0.2, 0.25) is 28.8 Å². The standard InChI is InChI=1S/C20H27ClN4Si/c1-14(26(5,6)20(2,3)4)11-15-9-10-22-16(12-15)17-13-23-19-8-7-18(21)24-25(17)19/h7-10,12-14H,11H2,1-6H3. The van der Waals surface area contributed by atoms with Gasteiger partial charge in [0.1, 0.15) is 10.8 Å². The lowest BCUT2D eigenvalue weighted by molar-refractivity contribution is 0.681. The van der Waals surface area contributed by atoms with Crippen molar-refractivity contribution in [2.45, 2.75) is 57.8 Å². The molecule has 0 radical (unpaired) electrons. The Hall–Kier alpha value is -1.72. The Morgan fingerprint density at radius 2 is 1.88 bits per heavy atom. The Kier molecular flexibility index (Phi) is 4.97. The summed E-state index contributed by atoms with van der Waals surface area (Å²) >= 11 is 6.05. The SMILES string of the molecule is CC(Cc1ccnc(-c2cnc3ccc(Cl)nn23)c1)[Si](C)(C)C(C)(C)C. The van der Waals surface area contributed by atoms with Crippen LogP contribution in [-0.2, 0) is 6.42 Å². The van der Waals surface area contributed by atoms with E-state index in [4.69, 9.17) is 11.6 Å². The first-order valence-corrected chi connectivity index (χ1v) is 12.5. The molecule has 0 fully saturated rings. The Morgan fingerprint density at radius 3 is 2.58 bits per heavy atom. The van der Waals surface area contributed by atoms with Crippen molar-refractivity contribution in [2.24, 2.45) is 0 Å². The van der Waals surface area contributed by atoms with Crippen LogP contribution in [-0.4, -0.2) is 27.7 Å². The van der Waals surface area contributed by atoms with E-state index in [1.807, 2.05) is 18.5 Å². The maximum Gasteiger partial charge on any atom is 0.154 e. The van der Waals surface area contributed by atoms with Crippen LogP contribution in [0.4, 0.5) is 0 Å². The van der Waals surface area contributed by atoms with Gasteiger partial charge >= 0.3 is 0 Å². The van der Waals surface area contributed by atoms with Crippen molar-refractivity contribution in [1.82, 2.24) is 19.6 Å². The molecule has 26 heavy (non-hydrogen) atoms. The van der Waals surface area contributed by atoms with E-state index in [0.29, 0.717) is 15.7 Å². The third kappa shape index (κ3) is 3.55. The summed E-state index contributed by atoms with van der Waals surface area (Å²) in [5, 5.41) is 5.18. The molecule has 0 spiro atoms. The van der Waals surface area contributed by atoms with Crippen molar-refractivity contribution < 1.29 is 0 Å². The minimum absolute atomic E-state index is 0.380. The fourth-order valence-electron chi connectivity index (χ4n) is 3.11. The second-order valence-corrected chi connectivity index (χ2v) is 15.0. The highest BCUT2D eigenvalue weighted by molar-refractivity contribution is 6.81. The first-order valence-electron chi connectivity index (χ1n) is 9.05. The average molecular weight is 387 g/mol. The Labute approximate surface area is 161 Å². The molecule has 3 aromatic heterocycles. The number of rotatable bonds is 4. The molecule has 0 bridgehead atoms. The maximum atomic E-state index is 6.05. The summed E-state index contributed by atoms with van der Waals surface area (Å²) in [4.78, 5) is 8.95. The number of hydrogen-bond acceptors (Lipinski definition) is 3. The highest BCUT2D eigenvalue weighted by Crippen LogP contribution is 2.44. The summed E-state index contributed by atoms with van der Waals surface area (Å²) in [6.45, 7) is 14.5. The van der Waals surface area contributed by atoms with E-state index in [0.717, 1.165) is 23.5 Å². The van der Waals surface area contributed by atoms with E-state index in [9.17, 15) is 0 Å². The lowest BCUT2D eigenvalue weighted by Crippen LogP contribution is -2.41. The van der Waals surface area contributed by atoms with E-state index in [2.05, 4.69) is 68.0 Å². The van der Waals surface area contributed by atoms with Crippen LogP contribution in [0.5, 0.6) is 0 Å². The van der Waals surface area contributed by atoms with Crippen LogP contribution in [0.15, 0.2) is 36.7 Å². The van der Waals surface area contributed by atoms with Gasteiger partial charge < -0.3 is 0 Å². The molecule has 6 heteroatoms. The van der Waals surface area contributed by atoms with Gasteiger partial charge in [0.15, 0.2) is 5.65 Å². The summed E-state index contributed by atoms with van der Waals surface area (Å²) in [7, 11) is -1.39. The van der Waals surface area contributed by atoms with E-state index in [1.54, 1.807) is 10.6 Å². The first kappa shape index (κ1) is 19.0. The molecule has 0 amide bonds. The van der Waals surface area contributed by atoms with Gasteiger partial charge in [-0.3, -0.25) is 4.98 Å². The minimum atomic E-state index is -1.39. The fourth-order valence-corrected chi connectivity index (χ4v) is 5.48. The number of hydrogen-bond donors (Lipinski definition) is 0. The molecule has 0 saturated carbocycles. The zero-order valence-corrected chi connectivity index (χ0v) is 18.2. The summed E-state index contributed by atoms with van der Waals surface area (Å²) in [6.07, 6.45) is 4.76. The van der Waals surface area contributed by atoms with Crippen LogP contribution in [0.1, 0.15) is 33.3 Å². The molecule has 0 saturated heterocycles. The molecule has 3 heterocycles. The van der Waals surface area contributed by atoms with Gasteiger partial charge in [-0.1, -0.05) is 52.4 Å². The van der Waals surface area contributed by atoms with Crippen LogP contribution < -0.4 is 0 Å². The van der Waals surface area contributed by atoms with E-state index in [1.165, 1.54) is 5.56 Å². The van der Waals surface area contributed by atoms with Gasteiger partial charge in [0.05, 0.1) is 20.0 Å². The predicted molar refractivity (Wildman–Crippen MR) is 112 cm³/mol. The first-order chi connectivity index (χ1) is 12.1. The van der Waals surface area contributed by atoms with Crippen molar-refractivity contribution in [3.05, 3.63) is 47.4 Å². The van der Waals surface area contributed by atoms with Gasteiger partial charge in [-0.15, -0.1) is 0 Å². The van der Waals surface area contributed by atoms with E-state index in [-0.39, 0.29) is 0 Å². The number of aromatic nitrogens is 4. The van der Waals surface area contributed by atoms with Crippen molar-refractivity contribution >= 4 is 25.3 Å². The zero-order chi connectivity index (χ0) is 19.1. The van der Waals surface area contributed by atoms with Crippen molar-refractivity contribution in [3.63, 3.8) is 0 Å². The molecule has 0 aliphatic carbocycles. The van der Waals surface area contributed by atoms with Crippen molar-refractivity contribution in [1.29, 1.82) is 0 Å². The van der Waals surface area contributed by atoms with Gasteiger partial charge in [-0.05, 0) is 46.8 Å². The molecule has 0 aliphatic heterocycles. The van der Waals surface area contributed by atoms with E-state index < -0.39 is 8.07 Å². The van der Waals surface area contributed by atoms with Crippen LogP contribution in [0, 0.1) is 0 Å². The molecule has 1 unspecified atom stereocenters. The van der Waals surface area contributed by atoms with Crippen LogP contribution in [0.25, 0.3) is 17.0 Å². The van der Waals surface area contributed by atoms with Gasteiger partial charge in [0.2, 0.25) is 0 Å². The topological polar surface area (TPSA) is 43.1 Å². The highest BCUT2D eigenvalue weighted by atomic mass is 35.5. The smallest absolute Gasteiger partial charge is 0.154 e. The third-order valence-corrected chi connectivity index (χ3v) is 12.9. The molecule has 0 aromatic carbocycles.